The zero-order valence-electron chi connectivity index (χ0n) is 15.4. The minimum atomic E-state index is -0.355. The third-order valence-corrected chi connectivity index (χ3v) is 5.12. The number of thiazole rings is 1. The van der Waals surface area contributed by atoms with Crippen LogP contribution in [0.15, 0.2) is 59.3 Å². The smallest absolute Gasteiger partial charge is 0.261 e. The molecule has 0 spiro atoms. The van der Waals surface area contributed by atoms with Gasteiger partial charge in [0.25, 0.3) is 5.91 Å². The van der Waals surface area contributed by atoms with Crippen molar-refractivity contribution >= 4 is 44.9 Å². The molecule has 2 amide bonds. The number of aromatic nitrogens is 1. The first-order valence-corrected chi connectivity index (χ1v) is 9.59. The Morgan fingerprint density at radius 2 is 1.93 bits per heavy atom. The Labute approximate surface area is 169 Å². The Morgan fingerprint density at radius 3 is 2.69 bits per heavy atom. The molecule has 146 valence electrons. The molecule has 0 saturated carbocycles. The normalized spacial score (nSPS) is 10.8. The average Bonchev–Trinajstić information content (AvgIpc) is 3.29. The van der Waals surface area contributed by atoms with Crippen molar-refractivity contribution in [3.63, 3.8) is 0 Å². The van der Waals surface area contributed by atoms with Gasteiger partial charge in [0.05, 0.1) is 5.56 Å². The summed E-state index contributed by atoms with van der Waals surface area (Å²) in [4.78, 5) is 29.1. The number of hydrogen-bond acceptors (Lipinski definition) is 5. The summed E-state index contributed by atoms with van der Waals surface area (Å²) in [6.45, 7) is 1.42. The van der Waals surface area contributed by atoms with E-state index in [0.29, 0.717) is 33.8 Å². The number of rotatable bonds is 5. The minimum absolute atomic E-state index is 0.199. The predicted octanol–water partition coefficient (Wildman–Crippen LogP) is 4.83. The molecule has 2 aromatic heterocycles. The summed E-state index contributed by atoms with van der Waals surface area (Å²) in [7, 11) is 0. The number of furan rings is 1. The molecule has 2 heterocycles. The molecule has 6 nitrogen and oxygen atoms in total. The monoisotopic (exact) mass is 409 g/mol. The second-order valence-corrected chi connectivity index (χ2v) is 7.55. The summed E-state index contributed by atoms with van der Waals surface area (Å²) in [6.07, 6.45) is 3.67. The summed E-state index contributed by atoms with van der Waals surface area (Å²) in [5, 5.41) is 6.51. The lowest BCUT2D eigenvalue weighted by Gasteiger charge is -2.03. The van der Waals surface area contributed by atoms with Crippen molar-refractivity contribution < 1.29 is 18.4 Å². The third kappa shape index (κ3) is 4.33. The van der Waals surface area contributed by atoms with Crippen LogP contribution in [0.4, 0.5) is 15.2 Å². The van der Waals surface area contributed by atoms with E-state index in [0.717, 1.165) is 10.4 Å². The molecule has 0 aliphatic heterocycles. The summed E-state index contributed by atoms with van der Waals surface area (Å²) < 4.78 is 18.5. The van der Waals surface area contributed by atoms with Gasteiger partial charge in [0.15, 0.2) is 5.13 Å². The zero-order chi connectivity index (χ0) is 20.4. The molecule has 0 aliphatic rings. The van der Waals surface area contributed by atoms with Gasteiger partial charge in [-0.3, -0.25) is 14.9 Å². The maximum Gasteiger partial charge on any atom is 0.261 e. The van der Waals surface area contributed by atoms with Gasteiger partial charge >= 0.3 is 0 Å². The average molecular weight is 409 g/mol. The van der Waals surface area contributed by atoms with Crippen molar-refractivity contribution in [3.8, 4) is 0 Å². The molecule has 8 heteroatoms. The quantitative estimate of drug-likeness (QED) is 0.494. The number of nitrogens with one attached hydrogen (secondary N) is 2. The Kier molecular flexibility index (Phi) is 5.09. The number of benzene rings is 2. The molecule has 2 aromatic carbocycles. The molecule has 4 aromatic rings. The van der Waals surface area contributed by atoms with Crippen LogP contribution in [0.25, 0.3) is 11.0 Å². The van der Waals surface area contributed by atoms with Crippen LogP contribution in [0.2, 0.25) is 0 Å². The number of halogens is 1. The SMILES string of the molecule is CC(=O)Nc1ccc2occ(C(=O)Nc3ncc(Cc4ccc(F)cc4)s3)c2c1. The number of nitrogens with zero attached hydrogens (tertiary/aromatic N) is 1. The van der Waals surface area contributed by atoms with Crippen LogP contribution in [0.3, 0.4) is 0 Å². The summed E-state index contributed by atoms with van der Waals surface area (Å²) in [6, 6.07) is 11.4. The van der Waals surface area contributed by atoms with Crippen LogP contribution in [-0.2, 0) is 11.2 Å². The van der Waals surface area contributed by atoms with Gasteiger partial charge in [-0.05, 0) is 35.9 Å². The van der Waals surface area contributed by atoms with Crippen LogP contribution < -0.4 is 10.6 Å². The van der Waals surface area contributed by atoms with E-state index in [2.05, 4.69) is 15.6 Å². The van der Waals surface area contributed by atoms with E-state index in [1.54, 1.807) is 36.5 Å². The number of carbonyl (C=O) groups excluding carboxylic acids is 2. The number of carbonyl (C=O) groups is 2. The fourth-order valence-corrected chi connectivity index (χ4v) is 3.74. The molecule has 2 N–H and O–H groups in total. The number of hydrogen-bond donors (Lipinski definition) is 2. The Hall–Kier alpha value is -3.52. The maximum absolute atomic E-state index is 13.0. The molecule has 29 heavy (non-hydrogen) atoms. The van der Waals surface area contributed by atoms with Crippen molar-refractivity contribution in [3.05, 3.63) is 76.7 Å². The number of fused-ring (bicyclic) bond motifs is 1. The molecule has 0 unspecified atom stereocenters. The highest BCUT2D eigenvalue weighted by molar-refractivity contribution is 7.15. The molecule has 0 fully saturated rings. The Bertz CT molecular complexity index is 1200. The van der Waals surface area contributed by atoms with Gasteiger partial charge in [0.1, 0.15) is 17.7 Å². The lowest BCUT2D eigenvalue weighted by molar-refractivity contribution is -0.114. The Morgan fingerprint density at radius 1 is 1.14 bits per heavy atom. The summed E-state index contributed by atoms with van der Waals surface area (Å²) >= 11 is 1.35. The van der Waals surface area contributed by atoms with Crippen LogP contribution in [-0.4, -0.2) is 16.8 Å². The minimum Gasteiger partial charge on any atom is -0.463 e. The van der Waals surface area contributed by atoms with Crippen molar-refractivity contribution in [2.45, 2.75) is 13.3 Å². The van der Waals surface area contributed by atoms with Crippen molar-refractivity contribution in [1.82, 2.24) is 4.98 Å². The molecule has 0 radical (unpaired) electrons. The van der Waals surface area contributed by atoms with Gasteiger partial charge in [0.2, 0.25) is 5.91 Å². The van der Waals surface area contributed by atoms with Crippen LogP contribution >= 0.6 is 11.3 Å². The lowest BCUT2D eigenvalue weighted by atomic mass is 10.1. The Balaban J connectivity index is 1.50. The van der Waals surface area contributed by atoms with Crippen molar-refractivity contribution in [2.75, 3.05) is 10.6 Å². The van der Waals surface area contributed by atoms with E-state index in [1.165, 1.54) is 36.7 Å². The first-order valence-electron chi connectivity index (χ1n) is 8.77. The number of anilines is 2. The van der Waals surface area contributed by atoms with Crippen LogP contribution in [0, 0.1) is 5.82 Å². The number of amides is 2. The van der Waals surface area contributed by atoms with Gasteiger partial charge in [-0.2, -0.15) is 0 Å². The van der Waals surface area contributed by atoms with Crippen molar-refractivity contribution in [2.24, 2.45) is 0 Å². The van der Waals surface area contributed by atoms with Crippen LogP contribution in [0.5, 0.6) is 0 Å². The van der Waals surface area contributed by atoms with Gasteiger partial charge in [-0.25, -0.2) is 9.37 Å². The third-order valence-electron chi connectivity index (χ3n) is 4.20. The summed E-state index contributed by atoms with van der Waals surface area (Å²) in [5.74, 6) is -0.832. The van der Waals surface area contributed by atoms with E-state index in [-0.39, 0.29) is 17.6 Å². The molecule has 4 rings (SSSR count). The first kappa shape index (κ1) is 18.8. The molecule has 0 atom stereocenters. The molecule has 0 saturated heterocycles. The highest BCUT2D eigenvalue weighted by Crippen LogP contribution is 2.27. The lowest BCUT2D eigenvalue weighted by Crippen LogP contribution is -2.11. The van der Waals surface area contributed by atoms with Gasteiger partial charge in [-0.15, -0.1) is 11.3 Å². The standard InChI is InChI=1S/C21H16FN3O3S/c1-12(26)24-15-6-7-19-17(9-15)18(11-28-19)20(27)25-21-23-10-16(29-21)8-13-2-4-14(22)5-3-13/h2-7,9-11H,8H2,1H3,(H,24,26)(H,23,25,27). The van der Waals surface area contributed by atoms with E-state index in [1.807, 2.05) is 0 Å². The zero-order valence-corrected chi connectivity index (χ0v) is 16.2. The largest absolute Gasteiger partial charge is 0.463 e. The van der Waals surface area contributed by atoms with Gasteiger partial charge in [0, 0.05) is 35.5 Å². The fraction of sp³-hybridized carbons (Fsp3) is 0.0952. The van der Waals surface area contributed by atoms with E-state index < -0.39 is 0 Å². The second-order valence-electron chi connectivity index (χ2n) is 6.43. The molecular weight excluding hydrogens is 393 g/mol. The predicted molar refractivity (Wildman–Crippen MR) is 110 cm³/mol. The summed E-state index contributed by atoms with van der Waals surface area (Å²) in [5.41, 5.74) is 2.43. The second kappa shape index (κ2) is 7.84. The molecular formula is C21H16FN3O3S. The molecule has 0 bridgehead atoms. The van der Waals surface area contributed by atoms with E-state index in [9.17, 15) is 14.0 Å². The van der Waals surface area contributed by atoms with E-state index >= 15 is 0 Å². The first-order chi connectivity index (χ1) is 14.0. The van der Waals surface area contributed by atoms with Crippen LogP contribution in [0.1, 0.15) is 27.7 Å². The van der Waals surface area contributed by atoms with E-state index in [4.69, 9.17) is 4.42 Å². The maximum atomic E-state index is 13.0. The highest BCUT2D eigenvalue weighted by Gasteiger charge is 2.16. The van der Waals surface area contributed by atoms with Gasteiger partial charge in [-0.1, -0.05) is 12.1 Å². The fourth-order valence-electron chi connectivity index (χ4n) is 2.90. The topological polar surface area (TPSA) is 84.2 Å². The van der Waals surface area contributed by atoms with Gasteiger partial charge < -0.3 is 9.73 Å². The van der Waals surface area contributed by atoms with Crippen molar-refractivity contribution in [1.29, 1.82) is 0 Å². The molecule has 0 aliphatic carbocycles. The highest BCUT2D eigenvalue weighted by atomic mass is 32.1.